The molecule has 6 heteroatoms. The molecule has 1 heterocycles. The van der Waals surface area contributed by atoms with Crippen molar-refractivity contribution < 1.29 is 0 Å². The molecule has 0 saturated heterocycles. The molecule has 0 spiro atoms. The predicted octanol–water partition coefficient (Wildman–Crippen LogP) is 2.17. The molecule has 0 aliphatic heterocycles. The topological polar surface area (TPSA) is 81.7 Å². The van der Waals surface area contributed by atoms with E-state index in [1.807, 2.05) is 55.5 Å². The highest BCUT2D eigenvalue weighted by molar-refractivity contribution is 5.51. The van der Waals surface area contributed by atoms with E-state index in [0.717, 1.165) is 22.5 Å². The lowest BCUT2D eigenvalue weighted by atomic mass is 10.1. The number of para-hydroxylation sites is 1. The van der Waals surface area contributed by atoms with Crippen molar-refractivity contribution in [2.24, 2.45) is 0 Å². The number of hydrogen-bond acceptors (Lipinski definition) is 5. The van der Waals surface area contributed by atoms with Crippen LogP contribution >= 0.6 is 0 Å². The SMILES string of the molecule is Cc1c(N)cccc1CNc1nnnn1-c1ccccc1. The summed E-state index contributed by atoms with van der Waals surface area (Å²) in [5.74, 6) is 0.600. The van der Waals surface area contributed by atoms with E-state index in [0.29, 0.717) is 12.5 Å². The molecule has 21 heavy (non-hydrogen) atoms. The van der Waals surface area contributed by atoms with Gasteiger partial charge in [0.05, 0.1) is 5.69 Å². The van der Waals surface area contributed by atoms with Gasteiger partial charge in [-0.2, -0.15) is 4.68 Å². The molecule has 2 aromatic carbocycles. The first-order valence-electron chi connectivity index (χ1n) is 6.67. The number of tetrazole rings is 1. The van der Waals surface area contributed by atoms with Crippen LogP contribution in [-0.4, -0.2) is 20.2 Å². The van der Waals surface area contributed by atoms with E-state index in [1.54, 1.807) is 4.68 Å². The molecule has 0 aliphatic carbocycles. The Balaban J connectivity index is 1.81. The first kappa shape index (κ1) is 13.1. The van der Waals surface area contributed by atoms with Crippen molar-refractivity contribution in [3.63, 3.8) is 0 Å². The van der Waals surface area contributed by atoms with Gasteiger partial charge in [-0.3, -0.25) is 0 Å². The summed E-state index contributed by atoms with van der Waals surface area (Å²) in [7, 11) is 0. The standard InChI is InChI=1S/C15H16N6/c1-11-12(6-5-9-14(11)16)10-17-15-18-19-20-21(15)13-7-3-2-4-8-13/h2-9H,10,16H2,1H3,(H,17,18,20). The van der Waals surface area contributed by atoms with Gasteiger partial charge in [0.1, 0.15) is 0 Å². The molecule has 0 unspecified atom stereocenters. The van der Waals surface area contributed by atoms with E-state index in [-0.39, 0.29) is 0 Å². The Morgan fingerprint density at radius 1 is 1.10 bits per heavy atom. The summed E-state index contributed by atoms with van der Waals surface area (Å²) in [4.78, 5) is 0. The van der Waals surface area contributed by atoms with Crippen LogP contribution in [0.25, 0.3) is 5.69 Å². The molecule has 0 bridgehead atoms. The maximum absolute atomic E-state index is 5.92. The molecule has 3 N–H and O–H groups in total. The monoisotopic (exact) mass is 280 g/mol. The average Bonchev–Trinajstić information content (AvgIpc) is 2.98. The largest absolute Gasteiger partial charge is 0.399 e. The van der Waals surface area contributed by atoms with Crippen LogP contribution in [0, 0.1) is 6.92 Å². The van der Waals surface area contributed by atoms with Crippen LogP contribution in [0.1, 0.15) is 11.1 Å². The number of hydrogen-bond donors (Lipinski definition) is 2. The molecule has 0 saturated carbocycles. The van der Waals surface area contributed by atoms with Gasteiger partial charge < -0.3 is 11.1 Å². The minimum absolute atomic E-state index is 0.600. The van der Waals surface area contributed by atoms with Crippen molar-refractivity contribution in [1.29, 1.82) is 0 Å². The number of nitrogens with zero attached hydrogens (tertiary/aromatic N) is 4. The predicted molar refractivity (Wildman–Crippen MR) is 82.1 cm³/mol. The smallest absolute Gasteiger partial charge is 0.248 e. The highest BCUT2D eigenvalue weighted by Crippen LogP contribution is 2.17. The van der Waals surface area contributed by atoms with Crippen LogP contribution in [0.15, 0.2) is 48.5 Å². The zero-order valence-corrected chi connectivity index (χ0v) is 11.7. The number of benzene rings is 2. The lowest BCUT2D eigenvalue weighted by molar-refractivity contribution is 0.789. The van der Waals surface area contributed by atoms with E-state index >= 15 is 0 Å². The van der Waals surface area contributed by atoms with Gasteiger partial charge in [-0.25, -0.2) is 0 Å². The molecular formula is C15H16N6. The van der Waals surface area contributed by atoms with Crippen molar-refractivity contribution in [1.82, 2.24) is 20.2 Å². The summed E-state index contributed by atoms with van der Waals surface area (Å²) in [5.41, 5.74) is 9.81. The molecule has 6 nitrogen and oxygen atoms in total. The van der Waals surface area contributed by atoms with Crippen LogP contribution < -0.4 is 11.1 Å². The molecule has 106 valence electrons. The van der Waals surface area contributed by atoms with E-state index in [9.17, 15) is 0 Å². The molecular weight excluding hydrogens is 264 g/mol. The number of nitrogens with two attached hydrogens (primary N) is 1. The Hall–Kier alpha value is -2.89. The quantitative estimate of drug-likeness (QED) is 0.716. The van der Waals surface area contributed by atoms with Gasteiger partial charge in [0.15, 0.2) is 0 Å². The molecule has 3 aromatic rings. The van der Waals surface area contributed by atoms with Gasteiger partial charge in [0.2, 0.25) is 5.95 Å². The van der Waals surface area contributed by atoms with Gasteiger partial charge in [-0.15, -0.1) is 0 Å². The van der Waals surface area contributed by atoms with Crippen LogP contribution in [-0.2, 0) is 6.54 Å². The molecule has 0 amide bonds. The summed E-state index contributed by atoms with van der Waals surface area (Å²) < 4.78 is 1.67. The number of rotatable bonds is 4. The normalized spacial score (nSPS) is 10.5. The number of nitrogen functional groups attached to an aromatic ring is 1. The maximum Gasteiger partial charge on any atom is 0.248 e. The van der Waals surface area contributed by atoms with E-state index in [2.05, 4.69) is 20.8 Å². The number of nitrogens with one attached hydrogen (secondary N) is 1. The van der Waals surface area contributed by atoms with Crippen molar-refractivity contribution in [3.05, 3.63) is 59.7 Å². The summed E-state index contributed by atoms with van der Waals surface area (Å²) >= 11 is 0. The molecule has 0 fully saturated rings. The van der Waals surface area contributed by atoms with Gasteiger partial charge in [-0.1, -0.05) is 35.4 Å². The fraction of sp³-hybridized carbons (Fsp3) is 0.133. The van der Waals surface area contributed by atoms with Gasteiger partial charge in [0, 0.05) is 12.2 Å². The summed E-state index contributed by atoms with van der Waals surface area (Å²) in [5, 5.41) is 15.0. The minimum Gasteiger partial charge on any atom is -0.399 e. The second kappa shape index (κ2) is 5.62. The van der Waals surface area contributed by atoms with E-state index in [1.165, 1.54) is 0 Å². The molecule has 0 radical (unpaired) electrons. The summed E-state index contributed by atoms with van der Waals surface area (Å²) in [6, 6.07) is 15.6. The minimum atomic E-state index is 0.600. The number of aromatic nitrogens is 4. The first-order chi connectivity index (χ1) is 10.3. The third-order valence-corrected chi connectivity index (χ3v) is 3.40. The fourth-order valence-corrected chi connectivity index (χ4v) is 2.11. The molecule has 0 atom stereocenters. The lowest BCUT2D eigenvalue weighted by Gasteiger charge is -2.10. The second-order valence-corrected chi connectivity index (χ2v) is 4.73. The first-order valence-corrected chi connectivity index (χ1v) is 6.67. The van der Waals surface area contributed by atoms with Crippen molar-refractivity contribution in [2.75, 3.05) is 11.1 Å². The van der Waals surface area contributed by atoms with Crippen LogP contribution in [0.2, 0.25) is 0 Å². The summed E-state index contributed by atoms with van der Waals surface area (Å²) in [6.07, 6.45) is 0. The van der Waals surface area contributed by atoms with E-state index in [4.69, 9.17) is 5.73 Å². The molecule has 0 aliphatic rings. The third kappa shape index (κ3) is 2.69. The second-order valence-electron chi connectivity index (χ2n) is 4.73. The fourth-order valence-electron chi connectivity index (χ4n) is 2.11. The van der Waals surface area contributed by atoms with Gasteiger partial charge in [-0.05, 0) is 46.7 Å². The van der Waals surface area contributed by atoms with Crippen LogP contribution in [0.4, 0.5) is 11.6 Å². The van der Waals surface area contributed by atoms with Crippen LogP contribution in [0.5, 0.6) is 0 Å². The molecule has 3 rings (SSSR count). The zero-order chi connectivity index (χ0) is 14.7. The highest BCUT2D eigenvalue weighted by atomic mass is 15.6. The molecule has 1 aromatic heterocycles. The lowest BCUT2D eigenvalue weighted by Crippen LogP contribution is -2.08. The van der Waals surface area contributed by atoms with Crippen molar-refractivity contribution >= 4 is 11.6 Å². The summed E-state index contributed by atoms with van der Waals surface area (Å²) in [6.45, 7) is 2.62. The van der Waals surface area contributed by atoms with E-state index < -0.39 is 0 Å². The Morgan fingerprint density at radius 3 is 2.71 bits per heavy atom. The Labute approximate surface area is 122 Å². The highest BCUT2D eigenvalue weighted by Gasteiger charge is 2.08. The van der Waals surface area contributed by atoms with Crippen molar-refractivity contribution in [2.45, 2.75) is 13.5 Å². The number of anilines is 2. The Bertz CT molecular complexity index is 735. The van der Waals surface area contributed by atoms with Gasteiger partial charge >= 0.3 is 0 Å². The maximum atomic E-state index is 5.92. The Kier molecular flexibility index (Phi) is 3.51. The Morgan fingerprint density at radius 2 is 1.90 bits per heavy atom. The van der Waals surface area contributed by atoms with Crippen LogP contribution in [0.3, 0.4) is 0 Å². The van der Waals surface area contributed by atoms with Gasteiger partial charge in [0.25, 0.3) is 0 Å². The average molecular weight is 280 g/mol. The third-order valence-electron chi connectivity index (χ3n) is 3.40. The zero-order valence-electron chi connectivity index (χ0n) is 11.7. The van der Waals surface area contributed by atoms with Crippen molar-refractivity contribution in [3.8, 4) is 5.69 Å².